The minimum Gasteiger partial charge on any atom is -0.495 e. The van der Waals surface area contributed by atoms with Gasteiger partial charge in [-0.15, -0.1) is 0 Å². The molecule has 0 heterocycles. The van der Waals surface area contributed by atoms with Crippen molar-refractivity contribution in [3.8, 4) is 5.75 Å². The van der Waals surface area contributed by atoms with E-state index in [9.17, 15) is 4.79 Å². The molecule has 0 bridgehead atoms. The van der Waals surface area contributed by atoms with Crippen LogP contribution in [0, 0.1) is 0 Å². The summed E-state index contributed by atoms with van der Waals surface area (Å²) in [6.07, 6.45) is 0. The fourth-order valence-corrected chi connectivity index (χ4v) is 2.78. The van der Waals surface area contributed by atoms with Gasteiger partial charge in [-0.3, -0.25) is 4.79 Å². The number of benzene rings is 2. The van der Waals surface area contributed by atoms with Crippen LogP contribution in [0.25, 0.3) is 0 Å². The van der Waals surface area contributed by atoms with E-state index in [1.165, 1.54) is 0 Å². The summed E-state index contributed by atoms with van der Waals surface area (Å²) in [5.74, 6) is 0.764. The van der Waals surface area contributed by atoms with E-state index >= 15 is 0 Å². The maximum atomic E-state index is 12.1. The van der Waals surface area contributed by atoms with Gasteiger partial charge >= 0.3 is 0 Å². The highest BCUT2D eigenvalue weighted by Gasteiger charge is 2.13. The minimum absolute atomic E-state index is 0.0252. The molecule has 23 heavy (non-hydrogen) atoms. The third kappa shape index (κ3) is 5.08. The third-order valence-electron chi connectivity index (χ3n) is 3.55. The lowest BCUT2D eigenvalue weighted by molar-refractivity contribution is -0.122. The molecule has 122 valence electrons. The highest BCUT2D eigenvalue weighted by molar-refractivity contribution is 9.10. The van der Waals surface area contributed by atoms with E-state index in [1.807, 2.05) is 55.5 Å². The Balaban J connectivity index is 1.86. The summed E-state index contributed by atoms with van der Waals surface area (Å²) in [5.41, 5.74) is 2.09. The highest BCUT2D eigenvalue weighted by Crippen LogP contribution is 2.28. The molecule has 4 nitrogen and oxygen atoms in total. The Morgan fingerprint density at radius 1 is 1.13 bits per heavy atom. The number of para-hydroxylation sites is 1. The fourth-order valence-electron chi connectivity index (χ4n) is 2.22. The van der Waals surface area contributed by atoms with Crippen LogP contribution in [-0.4, -0.2) is 19.1 Å². The molecule has 2 rings (SSSR count). The largest absolute Gasteiger partial charge is 0.495 e. The minimum atomic E-state index is -0.289. The van der Waals surface area contributed by atoms with Crippen molar-refractivity contribution in [2.45, 2.75) is 26.1 Å². The second-order valence-electron chi connectivity index (χ2n) is 5.24. The van der Waals surface area contributed by atoms with E-state index in [-0.39, 0.29) is 11.9 Å². The number of halogens is 1. The maximum Gasteiger partial charge on any atom is 0.237 e. The number of hydrogen-bond acceptors (Lipinski definition) is 3. The summed E-state index contributed by atoms with van der Waals surface area (Å²) >= 11 is 3.46. The summed E-state index contributed by atoms with van der Waals surface area (Å²) in [7, 11) is 1.64. The van der Waals surface area contributed by atoms with E-state index in [4.69, 9.17) is 4.74 Å². The van der Waals surface area contributed by atoms with Gasteiger partial charge in [0.15, 0.2) is 0 Å². The number of ether oxygens (including phenoxy) is 1. The second-order valence-corrected chi connectivity index (χ2v) is 6.09. The fraction of sp³-hybridized carbons (Fsp3) is 0.278. The standard InChI is InChI=1S/C18H21BrN2O2/c1-13(18(22)21-11-14-7-4-3-5-8-14)20-12-15-9-6-10-16(19)17(15)23-2/h3-10,13,20H,11-12H2,1-2H3,(H,21,22). The molecule has 1 amide bonds. The molecule has 1 atom stereocenters. The molecule has 2 aromatic rings. The normalized spacial score (nSPS) is 11.8. The van der Waals surface area contributed by atoms with E-state index in [0.29, 0.717) is 13.1 Å². The van der Waals surface area contributed by atoms with Crippen LogP contribution < -0.4 is 15.4 Å². The highest BCUT2D eigenvalue weighted by atomic mass is 79.9. The van der Waals surface area contributed by atoms with Gasteiger partial charge in [0.25, 0.3) is 0 Å². The zero-order chi connectivity index (χ0) is 16.7. The Kier molecular flexibility index (Phi) is 6.62. The van der Waals surface area contributed by atoms with Gasteiger partial charge in [0.1, 0.15) is 5.75 Å². The van der Waals surface area contributed by atoms with Crippen molar-refractivity contribution in [3.05, 3.63) is 64.1 Å². The van der Waals surface area contributed by atoms with E-state index in [1.54, 1.807) is 7.11 Å². The number of carbonyl (C=O) groups is 1. The van der Waals surface area contributed by atoms with Crippen molar-refractivity contribution in [1.82, 2.24) is 10.6 Å². The zero-order valence-corrected chi connectivity index (χ0v) is 14.9. The lowest BCUT2D eigenvalue weighted by atomic mass is 10.2. The molecule has 0 spiro atoms. The van der Waals surface area contributed by atoms with Gasteiger partial charge in [0.05, 0.1) is 17.6 Å². The van der Waals surface area contributed by atoms with Crippen LogP contribution in [0.3, 0.4) is 0 Å². The van der Waals surface area contributed by atoms with Crippen molar-refractivity contribution < 1.29 is 9.53 Å². The molecule has 5 heteroatoms. The van der Waals surface area contributed by atoms with Gasteiger partial charge in [-0.1, -0.05) is 42.5 Å². The molecule has 2 N–H and O–H groups in total. The lowest BCUT2D eigenvalue weighted by Crippen LogP contribution is -2.41. The Labute approximate surface area is 145 Å². The van der Waals surface area contributed by atoms with E-state index < -0.39 is 0 Å². The van der Waals surface area contributed by atoms with Crippen LogP contribution in [0.4, 0.5) is 0 Å². The second kappa shape index (κ2) is 8.70. The van der Waals surface area contributed by atoms with Crippen LogP contribution in [0.1, 0.15) is 18.1 Å². The summed E-state index contributed by atoms with van der Waals surface area (Å²) in [6, 6.07) is 15.4. The molecular weight excluding hydrogens is 356 g/mol. The van der Waals surface area contributed by atoms with Gasteiger partial charge in [0, 0.05) is 18.7 Å². The lowest BCUT2D eigenvalue weighted by Gasteiger charge is -2.16. The quantitative estimate of drug-likeness (QED) is 0.779. The molecule has 0 radical (unpaired) electrons. The summed E-state index contributed by atoms with van der Waals surface area (Å²) in [5, 5.41) is 6.16. The Bertz CT molecular complexity index is 647. The molecule has 0 aliphatic heterocycles. The first-order chi connectivity index (χ1) is 11.1. The summed E-state index contributed by atoms with van der Waals surface area (Å²) < 4.78 is 6.29. The summed E-state index contributed by atoms with van der Waals surface area (Å²) in [6.45, 7) is 2.94. The van der Waals surface area contributed by atoms with E-state index in [2.05, 4.69) is 26.6 Å². The first kappa shape index (κ1) is 17.5. The van der Waals surface area contributed by atoms with Crippen LogP contribution in [-0.2, 0) is 17.9 Å². The predicted octanol–water partition coefficient (Wildman–Crippen LogP) is 3.25. The molecule has 1 unspecified atom stereocenters. The first-order valence-corrected chi connectivity index (χ1v) is 8.27. The van der Waals surface area contributed by atoms with Crippen molar-refractivity contribution in [3.63, 3.8) is 0 Å². The predicted molar refractivity (Wildman–Crippen MR) is 95.3 cm³/mol. The topological polar surface area (TPSA) is 50.4 Å². The number of nitrogens with one attached hydrogen (secondary N) is 2. The Morgan fingerprint density at radius 3 is 2.57 bits per heavy atom. The molecule has 0 aliphatic carbocycles. The molecule has 0 fully saturated rings. The van der Waals surface area contributed by atoms with Crippen molar-refractivity contribution in [2.75, 3.05) is 7.11 Å². The SMILES string of the molecule is COc1c(Br)cccc1CNC(C)C(=O)NCc1ccccc1. The first-order valence-electron chi connectivity index (χ1n) is 7.48. The van der Waals surface area contributed by atoms with Crippen LogP contribution in [0.5, 0.6) is 5.75 Å². The van der Waals surface area contributed by atoms with Crippen molar-refractivity contribution in [2.24, 2.45) is 0 Å². The average molecular weight is 377 g/mol. The molecule has 0 saturated heterocycles. The number of carbonyl (C=O) groups excluding carboxylic acids is 1. The Hall–Kier alpha value is -1.85. The maximum absolute atomic E-state index is 12.1. The monoisotopic (exact) mass is 376 g/mol. The van der Waals surface area contributed by atoms with Crippen LogP contribution in [0.2, 0.25) is 0 Å². The third-order valence-corrected chi connectivity index (χ3v) is 4.18. The number of methoxy groups -OCH3 is 1. The molecule has 0 aromatic heterocycles. The molecular formula is C18H21BrN2O2. The smallest absolute Gasteiger partial charge is 0.237 e. The van der Waals surface area contributed by atoms with Crippen LogP contribution >= 0.6 is 15.9 Å². The Morgan fingerprint density at radius 2 is 1.87 bits per heavy atom. The van der Waals surface area contributed by atoms with Gasteiger partial charge in [-0.05, 0) is 34.5 Å². The van der Waals surface area contributed by atoms with Gasteiger partial charge in [0.2, 0.25) is 5.91 Å². The van der Waals surface area contributed by atoms with Gasteiger partial charge < -0.3 is 15.4 Å². The average Bonchev–Trinajstić information content (AvgIpc) is 2.58. The summed E-state index contributed by atoms with van der Waals surface area (Å²) in [4.78, 5) is 12.1. The molecule has 0 aliphatic rings. The van der Waals surface area contributed by atoms with E-state index in [0.717, 1.165) is 21.3 Å². The molecule has 0 saturated carbocycles. The zero-order valence-electron chi connectivity index (χ0n) is 13.3. The van der Waals surface area contributed by atoms with Gasteiger partial charge in [-0.25, -0.2) is 0 Å². The van der Waals surface area contributed by atoms with Crippen molar-refractivity contribution >= 4 is 21.8 Å². The number of hydrogen-bond donors (Lipinski definition) is 2. The molecule has 2 aromatic carbocycles. The number of rotatable bonds is 7. The van der Waals surface area contributed by atoms with Gasteiger partial charge in [-0.2, -0.15) is 0 Å². The van der Waals surface area contributed by atoms with Crippen molar-refractivity contribution in [1.29, 1.82) is 0 Å². The van der Waals surface area contributed by atoms with Crippen LogP contribution in [0.15, 0.2) is 53.0 Å². The number of amides is 1.